The van der Waals surface area contributed by atoms with Crippen molar-refractivity contribution < 1.29 is 17.9 Å². The van der Waals surface area contributed by atoms with E-state index in [1.807, 2.05) is 0 Å². The molecule has 0 unspecified atom stereocenters. The fourth-order valence-electron chi connectivity index (χ4n) is 2.38. The van der Waals surface area contributed by atoms with Crippen LogP contribution in [0.25, 0.3) is 0 Å². The third-order valence-corrected chi connectivity index (χ3v) is 6.22. The van der Waals surface area contributed by atoms with Crippen LogP contribution in [0.15, 0.2) is 22.7 Å². The third kappa shape index (κ3) is 4.44. The highest BCUT2D eigenvalue weighted by Crippen LogP contribution is 2.50. The summed E-state index contributed by atoms with van der Waals surface area (Å²) in [4.78, 5) is 11.4. The number of hydrogen-bond donors (Lipinski definition) is 1. The van der Waals surface area contributed by atoms with Crippen molar-refractivity contribution in [1.82, 2.24) is 0 Å². The molecule has 0 amide bonds. The average Bonchev–Trinajstić information content (AvgIpc) is 3.11. The van der Waals surface area contributed by atoms with Crippen LogP contribution >= 0.6 is 15.9 Å². The third-order valence-electron chi connectivity index (χ3n) is 3.68. The number of hydrogen-bond acceptors (Lipinski definition) is 5. The number of methoxy groups -OCH3 is 1. The lowest BCUT2D eigenvalue weighted by Crippen LogP contribution is -2.22. The minimum atomic E-state index is -3.29. The van der Waals surface area contributed by atoms with Gasteiger partial charge < -0.3 is 10.5 Å². The van der Waals surface area contributed by atoms with Crippen molar-refractivity contribution in [2.24, 2.45) is 5.41 Å². The fourth-order valence-corrected chi connectivity index (χ4v) is 4.74. The topological polar surface area (TPSA) is 86.5 Å². The molecule has 1 aromatic rings. The molecule has 1 aliphatic carbocycles. The first-order valence-electron chi connectivity index (χ1n) is 6.56. The average molecular weight is 376 g/mol. The molecule has 5 nitrogen and oxygen atoms in total. The van der Waals surface area contributed by atoms with E-state index in [4.69, 9.17) is 5.73 Å². The Kier molecular flexibility index (Phi) is 4.63. The van der Waals surface area contributed by atoms with E-state index in [-0.39, 0.29) is 23.9 Å². The van der Waals surface area contributed by atoms with Crippen LogP contribution in [-0.2, 0) is 25.1 Å². The van der Waals surface area contributed by atoms with Gasteiger partial charge in [-0.25, -0.2) is 8.42 Å². The summed E-state index contributed by atoms with van der Waals surface area (Å²) < 4.78 is 30.0. The van der Waals surface area contributed by atoms with E-state index in [9.17, 15) is 13.2 Å². The first kappa shape index (κ1) is 16.3. The number of nitrogen functional groups attached to an aromatic ring is 1. The Hall–Kier alpha value is -1.08. The predicted octanol–water partition coefficient (Wildman–Crippen LogP) is 2.29. The molecular weight excluding hydrogens is 358 g/mol. The number of halogens is 1. The van der Waals surface area contributed by atoms with Crippen LogP contribution in [0.3, 0.4) is 0 Å². The fraction of sp³-hybridized carbons (Fsp3) is 0.500. The van der Waals surface area contributed by atoms with E-state index in [0.29, 0.717) is 11.3 Å². The molecule has 1 saturated carbocycles. The maximum atomic E-state index is 12.3. The standard InChI is InChI=1S/C14H18BrNO4S/c1-20-13(17)7-14(4-5-14)9-21(18,19)8-10-2-3-11(15)12(16)6-10/h2-3,6H,4-5,7-9,16H2,1H3. The van der Waals surface area contributed by atoms with Crippen LogP contribution in [0.5, 0.6) is 0 Å². The van der Waals surface area contributed by atoms with Crippen LogP contribution in [0, 0.1) is 5.41 Å². The molecule has 7 heteroatoms. The highest BCUT2D eigenvalue weighted by molar-refractivity contribution is 9.10. The van der Waals surface area contributed by atoms with Crippen molar-refractivity contribution in [1.29, 1.82) is 0 Å². The van der Waals surface area contributed by atoms with Gasteiger partial charge in [0.1, 0.15) is 0 Å². The molecule has 0 aliphatic heterocycles. The van der Waals surface area contributed by atoms with E-state index >= 15 is 0 Å². The molecule has 116 valence electrons. The Morgan fingerprint density at radius 3 is 2.62 bits per heavy atom. The molecule has 1 fully saturated rings. The molecule has 0 radical (unpaired) electrons. The second-order valence-corrected chi connectivity index (χ2v) is 8.56. The lowest BCUT2D eigenvalue weighted by molar-refractivity contribution is -0.141. The normalized spacial score (nSPS) is 16.5. The zero-order valence-electron chi connectivity index (χ0n) is 11.8. The zero-order valence-corrected chi connectivity index (χ0v) is 14.2. The van der Waals surface area contributed by atoms with E-state index in [0.717, 1.165) is 17.3 Å². The molecule has 0 spiro atoms. The highest BCUT2D eigenvalue weighted by atomic mass is 79.9. The van der Waals surface area contributed by atoms with Gasteiger partial charge in [0.2, 0.25) is 0 Å². The van der Waals surface area contributed by atoms with Gasteiger partial charge in [-0.3, -0.25) is 4.79 Å². The quantitative estimate of drug-likeness (QED) is 0.608. The Morgan fingerprint density at radius 1 is 1.43 bits per heavy atom. The van der Waals surface area contributed by atoms with Crippen LogP contribution in [0.2, 0.25) is 0 Å². The Bertz CT molecular complexity index is 653. The molecule has 1 aliphatic rings. The van der Waals surface area contributed by atoms with E-state index in [2.05, 4.69) is 20.7 Å². The molecule has 0 saturated heterocycles. The maximum absolute atomic E-state index is 12.3. The number of ether oxygens (including phenoxy) is 1. The molecule has 1 aromatic carbocycles. The Labute approximate surface area is 132 Å². The summed E-state index contributed by atoms with van der Waals surface area (Å²) in [6.45, 7) is 0. The number of esters is 1. The van der Waals surface area contributed by atoms with Crippen molar-refractivity contribution in [2.75, 3.05) is 18.6 Å². The predicted molar refractivity (Wildman–Crippen MR) is 84.3 cm³/mol. The second kappa shape index (κ2) is 5.96. The van der Waals surface area contributed by atoms with Gasteiger partial charge in [0.15, 0.2) is 9.84 Å². The first-order chi connectivity index (χ1) is 9.75. The molecule has 2 N–H and O–H groups in total. The van der Waals surface area contributed by atoms with Gasteiger partial charge in [-0.1, -0.05) is 6.07 Å². The molecule has 2 rings (SSSR count). The molecule has 21 heavy (non-hydrogen) atoms. The van der Waals surface area contributed by atoms with E-state index in [1.165, 1.54) is 7.11 Å². The smallest absolute Gasteiger partial charge is 0.306 e. The number of nitrogens with two attached hydrogens (primary N) is 1. The molecule has 0 aromatic heterocycles. The maximum Gasteiger partial charge on any atom is 0.306 e. The van der Waals surface area contributed by atoms with Gasteiger partial charge in [-0.15, -0.1) is 0 Å². The van der Waals surface area contributed by atoms with Crippen molar-refractivity contribution >= 4 is 37.4 Å². The van der Waals surface area contributed by atoms with Gasteiger partial charge in [0.05, 0.1) is 25.0 Å². The molecular formula is C14H18BrNO4S. The van der Waals surface area contributed by atoms with Crippen LogP contribution < -0.4 is 5.73 Å². The lowest BCUT2D eigenvalue weighted by atomic mass is 10.1. The molecule has 0 heterocycles. The molecule has 0 atom stereocenters. The Balaban J connectivity index is 2.05. The first-order valence-corrected chi connectivity index (χ1v) is 9.18. The number of anilines is 1. The zero-order chi connectivity index (χ0) is 15.7. The minimum Gasteiger partial charge on any atom is -0.469 e. The summed E-state index contributed by atoms with van der Waals surface area (Å²) >= 11 is 3.28. The summed E-state index contributed by atoms with van der Waals surface area (Å²) in [7, 11) is -1.97. The van der Waals surface area contributed by atoms with Crippen molar-refractivity contribution in [3.8, 4) is 0 Å². The van der Waals surface area contributed by atoms with Crippen LogP contribution in [-0.4, -0.2) is 27.2 Å². The van der Waals surface area contributed by atoms with Crippen molar-refractivity contribution in [3.63, 3.8) is 0 Å². The summed E-state index contributed by atoms with van der Waals surface area (Å²) in [5.41, 5.74) is 6.51. The van der Waals surface area contributed by atoms with Crippen LogP contribution in [0.1, 0.15) is 24.8 Å². The number of carbonyl (C=O) groups is 1. The monoisotopic (exact) mass is 375 g/mol. The molecule has 0 bridgehead atoms. The van der Waals surface area contributed by atoms with Gasteiger partial charge in [0, 0.05) is 10.2 Å². The summed E-state index contributed by atoms with van der Waals surface area (Å²) in [5.74, 6) is -0.394. The lowest BCUT2D eigenvalue weighted by Gasteiger charge is -2.14. The van der Waals surface area contributed by atoms with Gasteiger partial charge in [-0.2, -0.15) is 0 Å². The number of rotatable bonds is 6. The van der Waals surface area contributed by atoms with Crippen LogP contribution in [0.4, 0.5) is 5.69 Å². The summed E-state index contributed by atoms with van der Waals surface area (Å²) in [5, 5.41) is 0. The SMILES string of the molecule is COC(=O)CC1(CS(=O)(=O)Cc2ccc(Br)c(N)c2)CC1. The van der Waals surface area contributed by atoms with E-state index in [1.54, 1.807) is 18.2 Å². The van der Waals surface area contributed by atoms with Gasteiger partial charge in [0.25, 0.3) is 0 Å². The minimum absolute atomic E-state index is 0.0189. The summed E-state index contributed by atoms with van der Waals surface area (Å²) in [6, 6.07) is 5.13. The largest absolute Gasteiger partial charge is 0.469 e. The number of benzene rings is 1. The van der Waals surface area contributed by atoms with Crippen molar-refractivity contribution in [2.45, 2.75) is 25.0 Å². The van der Waals surface area contributed by atoms with Crippen molar-refractivity contribution in [3.05, 3.63) is 28.2 Å². The van der Waals surface area contributed by atoms with Gasteiger partial charge >= 0.3 is 5.97 Å². The van der Waals surface area contributed by atoms with Gasteiger partial charge in [-0.05, 0) is 51.9 Å². The number of sulfone groups is 1. The summed E-state index contributed by atoms with van der Waals surface area (Å²) in [6.07, 6.45) is 1.68. The van der Waals surface area contributed by atoms with E-state index < -0.39 is 15.3 Å². The highest BCUT2D eigenvalue weighted by Gasteiger charge is 2.47. The Morgan fingerprint density at radius 2 is 2.10 bits per heavy atom. The number of carbonyl (C=O) groups excluding carboxylic acids is 1. The second-order valence-electron chi connectivity index (χ2n) is 5.64.